The fraction of sp³-hybridized carbons (Fsp3) is 0.208. The van der Waals surface area contributed by atoms with Crippen LogP contribution in [0.3, 0.4) is 0 Å². The second-order valence-electron chi connectivity index (χ2n) is 6.42. The summed E-state index contributed by atoms with van der Waals surface area (Å²) in [6, 6.07) is 20.0. The minimum Gasteiger partial charge on any atom is -0.493 e. The lowest BCUT2D eigenvalue weighted by Crippen LogP contribution is -2.27. The molecule has 29 heavy (non-hydrogen) atoms. The van der Waals surface area contributed by atoms with Gasteiger partial charge in [-0.15, -0.1) is 0 Å². The van der Waals surface area contributed by atoms with Crippen LogP contribution < -0.4 is 20.1 Å². The molecule has 0 spiro atoms. The Morgan fingerprint density at radius 1 is 1.00 bits per heavy atom. The van der Waals surface area contributed by atoms with Gasteiger partial charge in [0, 0.05) is 30.2 Å². The molecular formula is C24H26N2O3. The predicted molar refractivity (Wildman–Crippen MR) is 119 cm³/mol. The van der Waals surface area contributed by atoms with E-state index in [-0.39, 0.29) is 5.91 Å². The van der Waals surface area contributed by atoms with E-state index in [0.717, 1.165) is 11.3 Å². The first-order valence-electron chi connectivity index (χ1n) is 9.69. The van der Waals surface area contributed by atoms with E-state index in [1.807, 2.05) is 49.4 Å². The van der Waals surface area contributed by atoms with Crippen LogP contribution in [0.25, 0.3) is 16.8 Å². The molecule has 0 atom stereocenters. The van der Waals surface area contributed by atoms with Crippen LogP contribution in [-0.4, -0.2) is 32.7 Å². The molecule has 0 aliphatic carbocycles. The SMILES string of the molecule is CCOc1ccc(/C=C/C(=O)NCCNc2cccc3ccccc23)cc1OC. The molecule has 5 heteroatoms. The molecule has 3 aromatic rings. The fourth-order valence-electron chi connectivity index (χ4n) is 3.06. The maximum Gasteiger partial charge on any atom is 0.244 e. The summed E-state index contributed by atoms with van der Waals surface area (Å²) in [7, 11) is 1.60. The zero-order valence-corrected chi connectivity index (χ0v) is 16.8. The van der Waals surface area contributed by atoms with Crippen LogP contribution in [0.15, 0.2) is 66.7 Å². The van der Waals surface area contributed by atoms with Crippen molar-refractivity contribution in [3.05, 3.63) is 72.3 Å². The number of benzene rings is 3. The number of amides is 1. The first kappa shape index (κ1) is 20.3. The van der Waals surface area contributed by atoms with Crippen molar-refractivity contribution in [2.24, 2.45) is 0 Å². The van der Waals surface area contributed by atoms with Gasteiger partial charge in [-0.05, 0) is 42.1 Å². The van der Waals surface area contributed by atoms with Crippen molar-refractivity contribution in [3.8, 4) is 11.5 Å². The summed E-state index contributed by atoms with van der Waals surface area (Å²) in [6.07, 6.45) is 3.28. The van der Waals surface area contributed by atoms with E-state index < -0.39 is 0 Å². The molecule has 0 aliphatic heterocycles. The Hall–Kier alpha value is -3.47. The third-order valence-electron chi connectivity index (χ3n) is 4.44. The Morgan fingerprint density at radius 3 is 2.66 bits per heavy atom. The number of hydrogen-bond acceptors (Lipinski definition) is 4. The van der Waals surface area contributed by atoms with Gasteiger partial charge in [-0.2, -0.15) is 0 Å². The molecule has 0 bridgehead atoms. The number of fused-ring (bicyclic) bond motifs is 1. The van der Waals surface area contributed by atoms with Gasteiger partial charge in [-0.1, -0.05) is 42.5 Å². The van der Waals surface area contributed by atoms with E-state index in [1.165, 1.54) is 16.8 Å². The number of anilines is 1. The first-order valence-corrected chi connectivity index (χ1v) is 9.69. The highest BCUT2D eigenvalue weighted by Crippen LogP contribution is 2.28. The van der Waals surface area contributed by atoms with Crippen molar-refractivity contribution in [1.82, 2.24) is 5.32 Å². The van der Waals surface area contributed by atoms with E-state index >= 15 is 0 Å². The molecule has 0 radical (unpaired) electrons. The van der Waals surface area contributed by atoms with Crippen molar-refractivity contribution in [2.45, 2.75) is 6.92 Å². The molecule has 150 valence electrons. The molecule has 0 heterocycles. The van der Waals surface area contributed by atoms with Crippen molar-refractivity contribution >= 4 is 28.4 Å². The quantitative estimate of drug-likeness (QED) is 0.418. The summed E-state index contributed by atoms with van der Waals surface area (Å²) >= 11 is 0. The van der Waals surface area contributed by atoms with Gasteiger partial charge >= 0.3 is 0 Å². The minimum absolute atomic E-state index is 0.141. The first-order chi connectivity index (χ1) is 14.2. The third-order valence-corrected chi connectivity index (χ3v) is 4.44. The third kappa shape index (κ3) is 5.51. The van der Waals surface area contributed by atoms with Crippen molar-refractivity contribution in [2.75, 3.05) is 32.1 Å². The average molecular weight is 390 g/mol. The number of nitrogens with one attached hydrogen (secondary N) is 2. The van der Waals surface area contributed by atoms with Crippen molar-refractivity contribution in [3.63, 3.8) is 0 Å². The molecule has 2 N–H and O–H groups in total. The second kappa shape index (κ2) is 10.2. The summed E-state index contributed by atoms with van der Waals surface area (Å²) in [6.45, 7) is 3.66. The van der Waals surface area contributed by atoms with E-state index in [9.17, 15) is 4.79 Å². The van der Waals surface area contributed by atoms with E-state index in [1.54, 1.807) is 13.2 Å². The summed E-state index contributed by atoms with van der Waals surface area (Å²) < 4.78 is 10.8. The highest BCUT2D eigenvalue weighted by molar-refractivity contribution is 5.94. The molecular weight excluding hydrogens is 364 g/mol. The van der Waals surface area contributed by atoms with Gasteiger partial charge in [-0.25, -0.2) is 0 Å². The van der Waals surface area contributed by atoms with Crippen molar-refractivity contribution in [1.29, 1.82) is 0 Å². The van der Waals surface area contributed by atoms with E-state index in [4.69, 9.17) is 9.47 Å². The molecule has 3 rings (SSSR count). The molecule has 0 aromatic heterocycles. The summed E-state index contributed by atoms with van der Waals surface area (Å²) in [4.78, 5) is 12.1. The molecule has 0 fully saturated rings. The zero-order valence-electron chi connectivity index (χ0n) is 16.8. The van der Waals surface area contributed by atoms with Crippen LogP contribution in [0.4, 0.5) is 5.69 Å². The molecule has 1 amide bonds. The van der Waals surface area contributed by atoms with Crippen LogP contribution >= 0.6 is 0 Å². The fourth-order valence-corrected chi connectivity index (χ4v) is 3.06. The highest BCUT2D eigenvalue weighted by Gasteiger charge is 2.04. The standard InChI is InChI=1S/C24H26N2O3/c1-3-29-22-13-11-18(17-23(22)28-2)12-14-24(27)26-16-15-25-21-10-6-8-19-7-4-5-9-20(19)21/h4-14,17,25H,3,15-16H2,1-2H3,(H,26,27)/b14-12+. The predicted octanol–water partition coefficient (Wildman–Crippen LogP) is 4.49. The Labute approximate surface area is 171 Å². The normalized spacial score (nSPS) is 10.8. The lowest BCUT2D eigenvalue weighted by molar-refractivity contribution is -0.116. The number of hydrogen-bond donors (Lipinski definition) is 2. The largest absolute Gasteiger partial charge is 0.493 e. The number of carbonyl (C=O) groups excluding carboxylic acids is 1. The number of rotatable bonds is 9. The molecule has 0 unspecified atom stereocenters. The Kier molecular flexibility index (Phi) is 7.11. The van der Waals surface area contributed by atoms with Gasteiger partial charge in [0.1, 0.15) is 0 Å². The number of methoxy groups -OCH3 is 1. The van der Waals surface area contributed by atoms with Crippen LogP contribution in [0.1, 0.15) is 12.5 Å². The average Bonchev–Trinajstić information content (AvgIpc) is 2.76. The van der Waals surface area contributed by atoms with Crippen LogP contribution in [0.5, 0.6) is 11.5 Å². The van der Waals surface area contributed by atoms with Crippen LogP contribution in [0.2, 0.25) is 0 Å². The maximum absolute atomic E-state index is 12.1. The van der Waals surface area contributed by atoms with Gasteiger partial charge < -0.3 is 20.1 Å². The molecule has 0 saturated carbocycles. The Bertz CT molecular complexity index is 993. The monoisotopic (exact) mass is 390 g/mol. The van der Waals surface area contributed by atoms with Gasteiger partial charge in [0.15, 0.2) is 11.5 Å². The smallest absolute Gasteiger partial charge is 0.244 e. The highest BCUT2D eigenvalue weighted by atomic mass is 16.5. The molecule has 0 aliphatic rings. The summed E-state index contributed by atoms with van der Waals surface area (Å²) in [5.41, 5.74) is 1.93. The summed E-state index contributed by atoms with van der Waals surface area (Å²) in [5, 5.41) is 8.63. The van der Waals surface area contributed by atoms with Gasteiger partial charge in [0.2, 0.25) is 5.91 Å². The van der Waals surface area contributed by atoms with E-state index in [0.29, 0.717) is 31.2 Å². The topological polar surface area (TPSA) is 59.6 Å². The van der Waals surface area contributed by atoms with Gasteiger partial charge in [0.05, 0.1) is 13.7 Å². The Morgan fingerprint density at radius 2 is 1.83 bits per heavy atom. The summed E-state index contributed by atoms with van der Waals surface area (Å²) in [5.74, 6) is 1.20. The zero-order chi connectivity index (χ0) is 20.5. The van der Waals surface area contributed by atoms with Crippen LogP contribution in [-0.2, 0) is 4.79 Å². The molecule has 3 aromatic carbocycles. The lowest BCUT2D eigenvalue weighted by atomic mass is 10.1. The Balaban J connectivity index is 1.50. The maximum atomic E-state index is 12.1. The van der Waals surface area contributed by atoms with Crippen LogP contribution in [0, 0.1) is 0 Å². The lowest BCUT2D eigenvalue weighted by Gasteiger charge is -2.10. The molecule has 0 saturated heterocycles. The van der Waals surface area contributed by atoms with Gasteiger partial charge in [0.25, 0.3) is 0 Å². The molecule has 5 nitrogen and oxygen atoms in total. The van der Waals surface area contributed by atoms with Crippen molar-refractivity contribution < 1.29 is 14.3 Å². The second-order valence-corrected chi connectivity index (χ2v) is 6.42. The minimum atomic E-state index is -0.141. The number of ether oxygens (including phenoxy) is 2. The number of carbonyl (C=O) groups is 1. The van der Waals surface area contributed by atoms with Gasteiger partial charge in [-0.3, -0.25) is 4.79 Å². The van der Waals surface area contributed by atoms with E-state index in [2.05, 4.69) is 28.8 Å².